The van der Waals surface area contributed by atoms with Crippen LogP contribution >= 0.6 is 11.3 Å². The highest BCUT2D eigenvalue weighted by Crippen LogP contribution is 2.36. The van der Waals surface area contributed by atoms with E-state index in [9.17, 15) is 0 Å². The maximum absolute atomic E-state index is 4.70. The third-order valence-corrected chi connectivity index (χ3v) is 4.36. The molecule has 0 aliphatic carbocycles. The second-order valence-corrected chi connectivity index (χ2v) is 5.80. The molecule has 1 aromatic carbocycles. The molecule has 0 bridgehead atoms. The highest BCUT2D eigenvalue weighted by atomic mass is 32.1. The molecular weight excluding hydrogens is 268 g/mol. The van der Waals surface area contributed by atoms with Crippen LogP contribution in [0.5, 0.6) is 0 Å². The SMILES string of the molecule is CCC(=Nc1ncnc2c1sc1ccccc12)N(C)C. The monoisotopic (exact) mass is 284 g/mol. The molecule has 0 amide bonds. The number of benzene rings is 1. The van der Waals surface area contributed by atoms with Crippen LogP contribution in [0.3, 0.4) is 0 Å². The zero-order valence-corrected chi connectivity index (χ0v) is 12.6. The molecule has 102 valence electrons. The zero-order valence-electron chi connectivity index (χ0n) is 11.8. The zero-order chi connectivity index (χ0) is 14.1. The molecule has 0 atom stereocenters. The minimum Gasteiger partial charge on any atom is -0.366 e. The Bertz CT molecular complexity index is 789. The Morgan fingerprint density at radius 2 is 2.05 bits per heavy atom. The molecule has 4 nitrogen and oxygen atoms in total. The van der Waals surface area contributed by atoms with Gasteiger partial charge in [-0.15, -0.1) is 11.3 Å². The maximum atomic E-state index is 4.70. The molecule has 0 aliphatic rings. The molecule has 0 aliphatic heterocycles. The van der Waals surface area contributed by atoms with E-state index in [4.69, 9.17) is 4.99 Å². The second kappa shape index (κ2) is 5.17. The lowest BCUT2D eigenvalue weighted by molar-refractivity contribution is 0.607. The van der Waals surface area contributed by atoms with Crippen LogP contribution in [0.25, 0.3) is 20.3 Å². The predicted molar refractivity (Wildman–Crippen MR) is 86.0 cm³/mol. The summed E-state index contributed by atoms with van der Waals surface area (Å²) in [6, 6.07) is 8.30. The summed E-state index contributed by atoms with van der Waals surface area (Å²) in [5.74, 6) is 1.78. The first kappa shape index (κ1) is 13.0. The molecule has 2 aromatic heterocycles. The van der Waals surface area contributed by atoms with Crippen LogP contribution in [0.4, 0.5) is 5.82 Å². The smallest absolute Gasteiger partial charge is 0.175 e. The maximum Gasteiger partial charge on any atom is 0.175 e. The van der Waals surface area contributed by atoms with Crippen LogP contribution in [0.15, 0.2) is 35.6 Å². The van der Waals surface area contributed by atoms with E-state index in [1.807, 2.05) is 31.1 Å². The molecule has 2 heterocycles. The molecular formula is C15H16N4S. The van der Waals surface area contributed by atoms with Gasteiger partial charge in [0.25, 0.3) is 0 Å². The molecule has 0 saturated carbocycles. The Hall–Kier alpha value is -2.01. The van der Waals surface area contributed by atoms with Crippen LogP contribution < -0.4 is 0 Å². The van der Waals surface area contributed by atoms with Crippen molar-refractivity contribution in [3.63, 3.8) is 0 Å². The van der Waals surface area contributed by atoms with Gasteiger partial charge in [0.1, 0.15) is 12.2 Å². The van der Waals surface area contributed by atoms with Crippen LogP contribution in [0.1, 0.15) is 13.3 Å². The molecule has 5 heteroatoms. The molecule has 3 aromatic rings. The van der Waals surface area contributed by atoms with Gasteiger partial charge >= 0.3 is 0 Å². The predicted octanol–water partition coefficient (Wildman–Crippen LogP) is 3.85. The van der Waals surface area contributed by atoms with Crippen molar-refractivity contribution >= 4 is 43.3 Å². The van der Waals surface area contributed by atoms with Gasteiger partial charge in [0.05, 0.1) is 10.2 Å². The molecule has 0 unspecified atom stereocenters. The van der Waals surface area contributed by atoms with Crippen molar-refractivity contribution in [2.45, 2.75) is 13.3 Å². The van der Waals surface area contributed by atoms with Gasteiger partial charge in [-0.05, 0) is 6.07 Å². The first-order chi connectivity index (χ1) is 9.70. The fraction of sp³-hybridized carbons (Fsp3) is 0.267. The average Bonchev–Trinajstić information content (AvgIpc) is 2.84. The molecule has 0 spiro atoms. The summed E-state index contributed by atoms with van der Waals surface area (Å²) in [7, 11) is 4.01. The summed E-state index contributed by atoms with van der Waals surface area (Å²) in [5.41, 5.74) is 0.994. The van der Waals surface area contributed by atoms with E-state index in [1.165, 1.54) is 10.1 Å². The summed E-state index contributed by atoms with van der Waals surface area (Å²) >= 11 is 1.70. The number of aliphatic imine (C=N–C) groups is 1. The van der Waals surface area contributed by atoms with E-state index in [0.717, 1.165) is 28.3 Å². The first-order valence-corrected chi connectivity index (χ1v) is 7.39. The summed E-state index contributed by atoms with van der Waals surface area (Å²) < 4.78 is 2.28. The summed E-state index contributed by atoms with van der Waals surface area (Å²) in [5, 5.41) is 1.18. The minimum atomic E-state index is 0.766. The van der Waals surface area contributed by atoms with Crippen LogP contribution in [0.2, 0.25) is 0 Å². The number of rotatable bonds is 2. The van der Waals surface area contributed by atoms with E-state index in [-0.39, 0.29) is 0 Å². The van der Waals surface area contributed by atoms with Gasteiger partial charge in [-0.25, -0.2) is 15.0 Å². The third kappa shape index (κ3) is 2.14. The van der Waals surface area contributed by atoms with Crippen molar-refractivity contribution in [1.29, 1.82) is 0 Å². The van der Waals surface area contributed by atoms with Gasteiger partial charge in [-0.2, -0.15) is 0 Å². The Kier molecular flexibility index (Phi) is 3.36. The average molecular weight is 284 g/mol. The standard InChI is InChI=1S/C15H16N4S/c1-4-12(19(2)3)18-15-14-13(16-9-17-15)10-7-5-6-8-11(10)20-14/h5-9H,4H2,1-3H3. The van der Waals surface area contributed by atoms with Crippen LogP contribution in [-0.2, 0) is 0 Å². The molecule has 0 N–H and O–H groups in total. The Morgan fingerprint density at radius 1 is 1.25 bits per heavy atom. The van der Waals surface area contributed by atoms with E-state index in [1.54, 1.807) is 17.7 Å². The van der Waals surface area contributed by atoms with Crippen LogP contribution in [-0.4, -0.2) is 34.8 Å². The first-order valence-electron chi connectivity index (χ1n) is 6.58. The largest absolute Gasteiger partial charge is 0.366 e. The topological polar surface area (TPSA) is 41.4 Å². The highest BCUT2D eigenvalue weighted by molar-refractivity contribution is 7.26. The van der Waals surface area contributed by atoms with Crippen molar-refractivity contribution in [3.8, 4) is 0 Å². The summed E-state index contributed by atoms with van der Waals surface area (Å²) in [6.07, 6.45) is 2.48. The van der Waals surface area contributed by atoms with E-state index < -0.39 is 0 Å². The van der Waals surface area contributed by atoms with Gasteiger partial charge in [-0.1, -0.05) is 25.1 Å². The number of hydrogen-bond acceptors (Lipinski definition) is 4. The second-order valence-electron chi connectivity index (χ2n) is 4.75. The van der Waals surface area contributed by atoms with Crippen molar-refractivity contribution in [2.24, 2.45) is 4.99 Å². The van der Waals surface area contributed by atoms with Gasteiger partial charge in [-0.3, -0.25) is 0 Å². The number of amidine groups is 1. The van der Waals surface area contributed by atoms with Crippen molar-refractivity contribution < 1.29 is 0 Å². The molecule has 0 fully saturated rings. The summed E-state index contributed by atoms with van der Waals surface area (Å²) in [4.78, 5) is 15.5. The fourth-order valence-electron chi connectivity index (χ4n) is 2.21. The Balaban J connectivity index is 2.26. The Morgan fingerprint density at radius 3 is 2.80 bits per heavy atom. The van der Waals surface area contributed by atoms with Gasteiger partial charge in [0, 0.05) is 30.6 Å². The van der Waals surface area contributed by atoms with Gasteiger partial charge in [0.15, 0.2) is 5.82 Å². The fourth-order valence-corrected chi connectivity index (χ4v) is 3.30. The number of nitrogens with zero attached hydrogens (tertiary/aromatic N) is 4. The van der Waals surface area contributed by atoms with E-state index >= 15 is 0 Å². The lowest BCUT2D eigenvalue weighted by Crippen LogP contribution is -2.20. The lowest BCUT2D eigenvalue weighted by Gasteiger charge is -2.13. The molecule has 0 saturated heterocycles. The minimum absolute atomic E-state index is 0.766. The van der Waals surface area contributed by atoms with Crippen molar-refractivity contribution in [2.75, 3.05) is 14.1 Å². The normalized spacial score (nSPS) is 12.2. The van der Waals surface area contributed by atoms with Crippen molar-refractivity contribution in [3.05, 3.63) is 30.6 Å². The van der Waals surface area contributed by atoms with Crippen molar-refractivity contribution in [1.82, 2.24) is 14.9 Å². The molecule has 0 radical (unpaired) electrons. The lowest BCUT2D eigenvalue weighted by atomic mass is 10.2. The number of fused-ring (bicyclic) bond motifs is 3. The van der Waals surface area contributed by atoms with Crippen LogP contribution in [0, 0.1) is 0 Å². The number of aromatic nitrogens is 2. The van der Waals surface area contributed by atoms with Gasteiger partial charge in [0.2, 0.25) is 0 Å². The van der Waals surface area contributed by atoms with Gasteiger partial charge < -0.3 is 4.90 Å². The number of hydrogen-bond donors (Lipinski definition) is 0. The quantitative estimate of drug-likeness (QED) is 0.530. The highest BCUT2D eigenvalue weighted by Gasteiger charge is 2.11. The third-order valence-electron chi connectivity index (χ3n) is 3.21. The number of thiophene rings is 1. The molecule has 20 heavy (non-hydrogen) atoms. The van der Waals surface area contributed by atoms with E-state index in [2.05, 4.69) is 29.0 Å². The molecule has 3 rings (SSSR count). The van der Waals surface area contributed by atoms with E-state index in [0.29, 0.717) is 0 Å². The summed E-state index contributed by atoms with van der Waals surface area (Å²) in [6.45, 7) is 2.10. The Labute approximate surface area is 121 Å².